The van der Waals surface area contributed by atoms with Crippen LogP contribution in [0.3, 0.4) is 0 Å². The zero-order valence-corrected chi connectivity index (χ0v) is 17.3. The molecule has 1 saturated carbocycles. The van der Waals surface area contributed by atoms with Crippen molar-refractivity contribution in [3.05, 3.63) is 53.1 Å². The summed E-state index contributed by atoms with van der Waals surface area (Å²) in [5.41, 5.74) is 4.35. The summed E-state index contributed by atoms with van der Waals surface area (Å²) >= 11 is 0. The van der Waals surface area contributed by atoms with Crippen LogP contribution in [-0.4, -0.2) is 20.4 Å². The molecule has 1 heterocycles. The average Bonchev–Trinajstić information content (AvgIpc) is 2.86. The Kier molecular flexibility index (Phi) is 4.70. The standard InChI is InChI=1S/C22H26N2O3S/c1-14-9-15(2)11-19(10-14)23-28(26,27)20-7-8-21-18(13-20)12-16(3)24(21)22(25)17-5-4-6-17/h7-11,13,16-17,23H,4-6,12H2,1-3H3. The summed E-state index contributed by atoms with van der Waals surface area (Å²) in [6.07, 6.45) is 3.72. The maximum absolute atomic E-state index is 12.9. The van der Waals surface area contributed by atoms with Gasteiger partial charge in [-0.25, -0.2) is 8.42 Å². The van der Waals surface area contributed by atoms with E-state index in [0.717, 1.165) is 41.6 Å². The number of carbonyl (C=O) groups excluding carboxylic acids is 1. The number of anilines is 2. The average molecular weight is 399 g/mol. The van der Waals surface area contributed by atoms with Crippen LogP contribution < -0.4 is 9.62 Å². The van der Waals surface area contributed by atoms with Gasteiger partial charge in [-0.05, 0) is 87.1 Å². The minimum absolute atomic E-state index is 0.0634. The van der Waals surface area contributed by atoms with Crippen molar-refractivity contribution in [3.63, 3.8) is 0 Å². The van der Waals surface area contributed by atoms with E-state index in [0.29, 0.717) is 12.1 Å². The number of aryl methyl sites for hydroxylation is 2. The molecule has 1 atom stereocenters. The summed E-state index contributed by atoms with van der Waals surface area (Å²) in [5.74, 6) is 0.310. The van der Waals surface area contributed by atoms with Gasteiger partial charge >= 0.3 is 0 Å². The Labute approximate surface area is 166 Å². The predicted molar refractivity (Wildman–Crippen MR) is 111 cm³/mol. The minimum atomic E-state index is -3.69. The largest absolute Gasteiger partial charge is 0.309 e. The molecule has 2 aromatic rings. The third kappa shape index (κ3) is 3.41. The highest BCUT2D eigenvalue weighted by Crippen LogP contribution is 2.38. The minimum Gasteiger partial charge on any atom is -0.309 e. The van der Waals surface area contributed by atoms with Crippen LogP contribution in [0.5, 0.6) is 0 Å². The summed E-state index contributed by atoms with van der Waals surface area (Å²) in [7, 11) is -3.69. The second-order valence-electron chi connectivity index (χ2n) is 8.16. The first-order valence-corrected chi connectivity index (χ1v) is 11.3. The smallest absolute Gasteiger partial charge is 0.261 e. The highest BCUT2D eigenvalue weighted by molar-refractivity contribution is 7.92. The first-order chi connectivity index (χ1) is 13.2. The molecule has 2 aromatic carbocycles. The number of hydrogen-bond donors (Lipinski definition) is 1. The van der Waals surface area contributed by atoms with E-state index in [-0.39, 0.29) is 22.8 Å². The number of benzene rings is 2. The fourth-order valence-corrected chi connectivity index (χ4v) is 5.30. The number of hydrogen-bond acceptors (Lipinski definition) is 3. The van der Waals surface area contributed by atoms with Gasteiger partial charge in [0, 0.05) is 23.3 Å². The Morgan fingerprint density at radius 3 is 2.36 bits per heavy atom. The molecule has 1 unspecified atom stereocenters. The first kappa shape index (κ1) is 19.0. The molecule has 1 N–H and O–H groups in total. The van der Waals surface area contributed by atoms with Crippen molar-refractivity contribution < 1.29 is 13.2 Å². The lowest BCUT2D eigenvalue weighted by atomic mass is 9.84. The van der Waals surface area contributed by atoms with E-state index in [1.807, 2.05) is 43.9 Å². The molecular formula is C22H26N2O3S. The number of amides is 1. The lowest BCUT2D eigenvalue weighted by Crippen LogP contribution is -2.42. The van der Waals surface area contributed by atoms with E-state index < -0.39 is 10.0 Å². The van der Waals surface area contributed by atoms with Crippen molar-refractivity contribution in [2.75, 3.05) is 9.62 Å². The zero-order valence-electron chi connectivity index (χ0n) is 16.5. The Hall–Kier alpha value is -2.34. The Morgan fingerprint density at radius 2 is 1.75 bits per heavy atom. The van der Waals surface area contributed by atoms with Gasteiger partial charge in [0.1, 0.15) is 0 Å². The quantitative estimate of drug-likeness (QED) is 0.840. The maximum atomic E-state index is 12.9. The van der Waals surface area contributed by atoms with E-state index in [1.165, 1.54) is 0 Å². The fraction of sp³-hybridized carbons (Fsp3) is 0.409. The molecule has 0 saturated heterocycles. The topological polar surface area (TPSA) is 66.5 Å². The van der Waals surface area contributed by atoms with E-state index in [4.69, 9.17) is 0 Å². The van der Waals surface area contributed by atoms with Gasteiger partial charge in [-0.3, -0.25) is 9.52 Å². The van der Waals surface area contributed by atoms with E-state index >= 15 is 0 Å². The van der Waals surface area contributed by atoms with Crippen LogP contribution in [0, 0.1) is 19.8 Å². The molecule has 2 aliphatic rings. The molecule has 0 aromatic heterocycles. The number of nitrogens with zero attached hydrogens (tertiary/aromatic N) is 1. The van der Waals surface area contributed by atoms with Crippen LogP contribution in [0.4, 0.5) is 11.4 Å². The van der Waals surface area contributed by atoms with Gasteiger partial charge in [0.2, 0.25) is 5.91 Å². The molecule has 4 rings (SSSR count). The SMILES string of the molecule is Cc1cc(C)cc(NS(=O)(=O)c2ccc3c(c2)CC(C)N3C(=O)C2CCC2)c1. The maximum Gasteiger partial charge on any atom is 0.261 e. The third-order valence-electron chi connectivity index (χ3n) is 5.74. The zero-order chi connectivity index (χ0) is 20.1. The highest BCUT2D eigenvalue weighted by atomic mass is 32.2. The normalized spacial score (nSPS) is 19.2. The number of carbonyl (C=O) groups is 1. The second kappa shape index (κ2) is 6.92. The van der Waals surface area contributed by atoms with Crippen LogP contribution in [0.2, 0.25) is 0 Å². The van der Waals surface area contributed by atoms with Crippen molar-refractivity contribution >= 4 is 27.3 Å². The number of sulfonamides is 1. The van der Waals surface area contributed by atoms with E-state index in [9.17, 15) is 13.2 Å². The van der Waals surface area contributed by atoms with Gasteiger partial charge in [0.05, 0.1) is 4.90 Å². The summed E-state index contributed by atoms with van der Waals surface area (Å²) in [6.45, 7) is 5.91. The van der Waals surface area contributed by atoms with Gasteiger partial charge in [-0.2, -0.15) is 0 Å². The monoisotopic (exact) mass is 398 g/mol. The van der Waals surface area contributed by atoms with Crippen molar-refractivity contribution in [2.24, 2.45) is 5.92 Å². The molecule has 1 aliphatic carbocycles. The van der Waals surface area contributed by atoms with Crippen molar-refractivity contribution in [1.29, 1.82) is 0 Å². The van der Waals surface area contributed by atoms with Crippen LogP contribution in [0.1, 0.15) is 42.9 Å². The molecule has 0 spiro atoms. The Morgan fingerprint density at radius 1 is 1.07 bits per heavy atom. The predicted octanol–water partition coefficient (Wildman–Crippen LogP) is 4.18. The number of rotatable bonds is 4. The van der Waals surface area contributed by atoms with Crippen LogP contribution in [0.25, 0.3) is 0 Å². The second-order valence-corrected chi connectivity index (χ2v) is 9.84. The number of nitrogens with one attached hydrogen (secondary N) is 1. The molecule has 5 nitrogen and oxygen atoms in total. The van der Waals surface area contributed by atoms with Gasteiger partial charge in [0.25, 0.3) is 10.0 Å². The van der Waals surface area contributed by atoms with E-state index in [1.54, 1.807) is 18.2 Å². The Bertz CT molecular complexity index is 1020. The molecule has 28 heavy (non-hydrogen) atoms. The molecule has 0 bridgehead atoms. The summed E-state index contributed by atoms with van der Waals surface area (Å²) in [5, 5.41) is 0. The van der Waals surface area contributed by atoms with Gasteiger partial charge in [-0.1, -0.05) is 12.5 Å². The summed E-state index contributed by atoms with van der Waals surface area (Å²) in [6, 6.07) is 10.8. The molecule has 1 aliphatic heterocycles. The molecule has 1 fully saturated rings. The first-order valence-electron chi connectivity index (χ1n) is 9.82. The van der Waals surface area contributed by atoms with Crippen LogP contribution >= 0.6 is 0 Å². The molecular weight excluding hydrogens is 372 g/mol. The van der Waals surface area contributed by atoms with Crippen LogP contribution in [0.15, 0.2) is 41.3 Å². The third-order valence-corrected chi connectivity index (χ3v) is 7.12. The van der Waals surface area contributed by atoms with Crippen molar-refractivity contribution in [1.82, 2.24) is 0 Å². The van der Waals surface area contributed by atoms with Gasteiger partial charge in [0.15, 0.2) is 0 Å². The molecule has 1 amide bonds. The highest BCUT2D eigenvalue weighted by Gasteiger charge is 2.37. The molecule has 148 valence electrons. The lowest BCUT2D eigenvalue weighted by molar-refractivity contribution is -0.125. The number of fused-ring (bicyclic) bond motifs is 1. The fourth-order valence-electron chi connectivity index (χ4n) is 4.21. The molecule has 6 heteroatoms. The van der Waals surface area contributed by atoms with Gasteiger partial charge < -0.3 is 4.90 Å². The van der Waals surface area contributed by atoms with Crippen molar-refractivity contribution in [2.45, 2.75) is 57.4 Å². The summed E-state index contributed by atoms with van der Waals surface area (Å²) in [4.78, 5) is 14.9. The van der Waals surface area contributed by atoms with Crippen LogP contribution in [-0.2, 0) is 21.2 Å². The van der Waals surface area contributed by atoms with Crippen molar-refractivity contribution in [3.8, 4) is 0 Å². The summed E-state index contributed by atoms with van der Waals surface area (Å²) < 4.78 is 28.5. The van der Waals surface area contributed by atoms with E-state index in [2.05, 4.69) is 4.72 Å². The van der Waals surface area contributed by atoms with Gasteiger partial charge in [-0.15, -0.1) is 0 Å². The molecule has 0 radical (unpaired) electrons. The Balaban J connectivity index is 1.62. The lowest BCUT2D eigenvalue weighted by Gasteiger charge is -2.32.